The number of non-ortho nitro benzene ring substituents is 1. The quantitative estimate of drug-likeness (QED) is 0.251. The van der Waals surface area contributed by atoms with Crippen LogP contribution >= 0.6 is 35.3 Å². The first-order chi connectivity index (χ1) is 15.4. The first-order valence-corrected chi connectivity index (χ1v) is 11.7. The molecule has 2 amide bonds. The van der Waals surface area contributed by atoms with E-state index in [1.165, 1.54) is 47.4 Å². The molecule has 3 atom stereocenters. The molecule has 2 aromatic carbocycles. The first-order valence-electron chi connectivity index (χ1n) is 9.55. The van der Waals surface area contributed by atoms with Crippen LogP contribution < -0.4 is 9.64 Å². The highest BCUT2D eigenvalue weighted by Crippen LogP contribution is 2.54. The molecule has 0 saturated carbocycles. The van der Waals surface area contributed by atoms with Crippen LogP contribution in [-0.4, -0.2) is 34.1 Å². The Balaban J connectivity index is 1.59. The number of nitrogens with zero attached hydrogens (tertiary/aromatic N) is 2. The van der Waals surface area contributed by atoms with E-state index in [1.807, 2.05) is 24.3 Å². The van der Waals surface area contributed by atoms with Gasteiger partial charge < -0.3 is 9.72 Å². The number of aromatic amines is 1. The molecule has 3 heterocycles. The average molecular weight is 486 g/mol. The van der Waals surface area contributed by atoms with Crippen LogP contribution in [0, 0.1) is 20.0 Å². The second-order valence-corrected chi connectivity index (χ2v) is 10.2. The Bertz CT molecular complexity index is 1300. The van der Waals surface area contributed by atoms with E-state index in [0.717, 1.165) is 20.4 Å². The molecular weight excluding hydrogens is 470 g/mol. The second-order valence-electron chi connectivity index (χ2n) is 7.31. The number of nitro groups is 1. The molecule has 2 aliphatic heterocycles. The Kier molecular flexibility index (Phi) is 5.11. The number of imide groups is 1. The van der Waals surface area contributed by atoms with Crippen LogP contribution in [-0.2, 0) is 9.59 Å². The standard InChI is InChI=1S/C21H15N3O5S3/c1-29-13-8-2-10(3-9-13)14-15-17(31-18-16(14)32-21(30)22-18)20(26)23(19(15)25)11-4-6-12(7-5-11)24(27)28/h2-9,14-15,17H,1H3,(H,22,30). The maximum Gasteiger partial charge on any atom is 0.269 e. The van der Waals surface area contributed by atoms with Crippen LogP contribution in [0.25, 0.3) is 0 Å². The van der Waals surface area contributed by atoms with Crippen LogP contribution in [0.3, 0.4) is 0 Å². The molecule has 5 rings (SSSR count). The zero-order valence-electron chi connectivity index (χ0n) is 16.5. The molecule has 3 aromatic rings. The van der Waals surface area contributed by atoms with E-state index in [9.17, 15) is 19.7 Å². The van der Waals surface area contributed by atoms with Crippen molar-refractivity contribution in [3.8, 4) is 5.75 Å². The summed E-state index contributed by atoms with van der Waals surface area (Å²) >= 11 is 8.06. The summed E-state index contributed by atoms with van der Waals surface area (Å²) in [4.78, 5) is 42.6. The summed E-state index contributed by atoms with van der Waals surface area (Å²) in [7, 11) is 1.58. The summed E-state index contributed by atoms with van der Waals surface area (Å²) in [6, 6.07) is 12.9. The number of hydrogen-bond acceptors (Lipinski definition) is 8. The van der Waals surface area contributed by atoms with Gasteiger partial charge in [-0.1, -0.05) is 23.9 Å². The van der Waals surface area contributed by atoms with E-state index in [4.69, 9.17) is 17.0 Å². The van der Waals surface area contributed by atoms with E-state index in [-0.39, 0.29) is 23.4 Å². The van der Waals surface area contributed by atoms with Gasteiger partial charge in [0.2, 0.25) is 11.8 Å². The number of carbonyl (C=O) groups is 2. The third-order valence-electron chi connectivity index (χ3n) is 5.62. The molecule has 8 nitrogen and oxygen atoms in total. The third-order valence-corrected chi connectivity index (χ3v) is 8.37. The molecule has 1 N–H and O–H groups in total. The van der Waals surface area contributed by atoms with Crippen molar-refractivity contribution in [2.75, 3.05) is 12.0 Å². The Morgan fingerprint density at radius 3 is 2.41 bits per heavy atom. The number of hydrogen-bond donors (Lipinski definition) is 1. The number of ether oxygens (including phenoxy) is 1. The minimum absolute atomic E-state index is 0.106. The van der Waals surface area contributed by atoms with E-state index < -0.39 is 16.1 Å². The summed E-state index contributed by atoms with van der Waals surface area (Å²) in [5, 5.41) is 11.1. The smallest absolute Gasteiger partial charge is 0.269 e. The zero-order valence-corrected chi connectivity index (χ0v) is 19.0. The highest BCUT2D eigenvalue weighted by molar-refractivity contribution is 8.01. The number of nitrogens with one attached hydrogen (secondary N) is 1. The number of thioether (sulfide) groups is 1. The Hall–Kier alpha value is -3.02. The number of H-pyrrole nitrogens is 1. The summed E-state index contributed by atoms with van der Waals surface area (Å²) in [5.74, 6) is -0.941. The molecule has 1 aromatic heterocycles. The van der Waals surface area contributed by atoms with Gasteiger partial charge in [0.15, 0.2) is 3.95 Å². The number of carbonyl (C=O) groups excluding carboxylic acids is 2. The van der Waals surface area contributed by atoms with Gasteiger partial charge in [-0.15, -0.1) is 11.3 Å². The average Bonchev–Trinajstić information content (AvgIpc) is 3.28. The van der Waals surface area contributed by atoms with Crippen LogP contribution in [0.2, 0.25) is 0 Å². The fourth-order valence-corrected chi connectivity index (χ4v) is 7.13. The number of rotatable bonds is 4. The van der Waals surface area contributed by atoms with Gasteiger partial charge in [-0.3, -0.25) is 19.7 Å². The van der Waals surface area contributed by atoms with Crippen molar-refractivity contribution >= 4 is 58.5 Å². The van der Waals surface area contributed by atoms with Gasteiger partial charge in [-0.25, -0.2) is 4.90 Å². The van der Waals surface area contributed by atoms with E-state index in [2.05, 4.69) is 4.98 Å². The molecule has 0 radical (unpaired) electrons. The summed E-state index contributed by atoms with van der Waals surface area (Å²) < 4.78 is 5.85. The number of nitro benzene ring substituents is 1. The fraction of sp³-hybridized carbons (Fsp3) is 0.190. The first kappa shape index (κ1) is 20.9. The number of thiazole rings is 1. The molecule has 32 heavy (non-hydrogen) atoms. The molecule has 0 aliphatic carbocycles. The highest BCUT2D eigenvalue weighted by Gasteiger charge is 2.56. The monoisotopic (exact) mass is 485 g/mol. The lowest BCUT2D eigenvalue weighted by Gasteiger charge is -2.30. The van der Waals surface area contributed by atoms with Gasteiger partial charge in [-0.2, -0.15) is 0 Å². The summed E-state index contributed by atoms with van der Waals surface area (Å²) in [5.41, 5.74) is 1.11. The molecular formula is C21H15N3O5S3. The maximum absolute atomic E-state index is 13.6. The number of fused-ring (bicyclic) bond motifs is 2. The molecule has 0 bridgehead atoms. The molecule has 1 fully saturated rings. The molecule has 11 heteroatoms. The Labute approximate surface area is 195 Å². The number of benzene rings is 2. The van der Waals surface area contributed by atoms with Crippen LogP contribution in [0.5, 0.6) is 5.75 Å². The minimum Gasteiger partial charge on any atom is -0.497 e. The van der Waals surface area contributed by atoms with Gasteiger partial charge in [0, 0.05) is 22.9 Å². The maximum atomic E-state index is 13.6. The number of methoxy groups -OCH3 is 1. The summed E-state index contributed by atoms with van der Waals surface area (Å²) in [6.07, 6.45) is 0. The third kappa shape index (κ3) is 3.24. The predicted octanol–water partition coefficient (Wildman–Crippen LogP) is 4.52. The molecule has 3 unspecified atom stereocenters. The summed E-state index contributed by atoms with van der Waals surface area (Å²) in [6.45, 7) is 0. The number of anilines is 1. The van der Waals surface area contributed by atoms with Crippen LogP contribution in [0.4, 0.5) is 11.4 Å². The van der Waals surface area contributed by atoms with Gasteiger partial charge in [0.25, 0.3) is 5.69 Å². The van der Waals surface area contributed by atoms with Crippen molar-refractivity contribution in [2.24, 2.45) is 5.92 Å². The van der Waals surface area contributed by atoms with E-state index in [1.54, 1.807) is 7.11 Å². The van der Waals surface area contributed by atoms with E-state index >= 15 is 0 Å². The Morgan fingerprint density at radius 1 is 1.09 bits per heavy atom. The largest absolute Gasteiger partial charge is 0.497 e. The van der Waals surface area contributed by atoms with Gasteiger partial charge >= 0.3 is 0 Å². The molecule has 2 aliphatic rings. The van der Waals surface area contributed by atoms with Crippen molar-refractivity contribution in [3.05, 3.63) is 73.0 Å². The Morgan fingerprint density at radius 2 is 1.78 bits per heavy atom. The topological polar surface area (TPSA) is 106 Å². The lowest BCUT2D eigenvalue weighted by molar-refractivity contribution is -0.384. The van der Waals surface area contributed by atoms with Crippen LogP contribution in [0.15, 0.2) is 53.6 Å². The van der Waals surface area contributed by atoms with Crippen molar-refractivity contribution in [1.29, 1.82) is 0 Å². The highest BCUT2D eigenvalue weighted by atomic mass is 32.2. The predicted molar refractivity (Wildman–Crippen MR) is 123 cm³/mol. The van der Waals surface area contributed by atoms with Crippen molar-refractivity contribution in [2.45, 2.75) is 16.2 Å². The van der Waals surface area contributed by atoms with Gasteiger partial charge in [-0.05, 0) is 42.0 Å². The van der Waals surface area contributed by atoms with Crippen molar-refractivity contribution in [3.63, 3.8) is 0 Å². The lowest BCUT2D eigenvalue weighted by atomic mass is 9.83. The SMILES string of the molecule is COc1ccc(C2c3sc(=S)[nH]c3SC3C(=O)N(c4ccc([N+](=O)[O-])cc4)C(=O)C32)cc1. The molecule has 0 spiro atoms. The normalized spacial score (nSPS) is 21.9. The van der Waals surface area contributed by atoms with Crippen molar-refractivity contribution < 1.29 is 19.2 Å². The van der Waals surface area contributed by atoms with Crippen molar-refractivity contribution in [1.82, 2.24) is 4.98 Å². The van der Waals surface area contributed by atoms with Crippen LogP contribution in [0.1, 0.15) is 16.4 Å². The fourth-order valence-electron chi connectivity index (χ4n) is 4.17. The number of aromatic nitrogens is 1. The number of amides is 2. The molecule has 1 saturated heterocycles. The van der Waals surface area contributed by atoms with Gasteiger partial charge in [0.05, 0.1) is 28.7 Å². The zero-order chi connectivity index (χ0) is 22.6. The van der Waals surface area contributed by atoms with Gasteiger partial charge in [0.1, 0.15) is 11.0 Å². The lowest BCUT2D eigenvalue weighted by Crippen LogP contribution is -2.32. The van der Waals surface area contributed by atoms with E-state index in [0.29, 0.717) is 15.4 Å². The minimum atomic E-state index is -0.627. The molecule has 162 valence electrons. The second kappa shape index (κ2) is 7.84.